The summed E-state index contributed by atoms with van der Waals surface area (Å²) in [6.07, 6.45) is 12.0. The highest BCUT2D eigenvalue weighted by atomic mass is 16.7. The van der Waals surface area contributed by atoms with E-state index in [-0.39, 0.29) is 23.8 Å². The molecule has 0 aromatic heterocycles. The fourth-order valence-electron chi connectivity index (χ4n) is 5.34. The Morgan fingerprint density at radius 1 is 1.08 bits per heavy atom. The number of ether oxygens (including phenoxy) is 4. The molecule has 8 nitrogen and oxygen atoms in total. The maximum absolute atomic E-state index is 12.6. The van der Waals surface area contributed by atoms with Gasteiger partial charge in [-0.05, 0) is 71.1 Å². The summed E-state index contributed by atoms with van der Waals surface area (Å²) in [7, 11) is 1.40. The Labute approximate surface area is 217 Å². The number of aliphatic hydroxyl groups is 1. The van der Waals surface area contributed by atoms with Gasteiger partial charge in [0.2, 0.25) is 0 Å². The van der Waals surface area contributed by atoms with Crippen LogP contribution in [0, 0.1) is 11.8 Å². The molecule has 0 radical (unpaired) electrons. The minimum atomic E-state index is -0.585. The lowest BCUT2D eigenvalue weighted by molar-refractivity contribution is -0.171. The van der Waals surface area contributed by atoms with Gasteiger partial charge in [-0.2, -0.15) is 0 Å². The second kappa shape index (κ2) is 14.9. The maximum Gasteiger partial charge on any atom is 0.407 e. The Bertz CT molecular complexity index is 697. The zero-order valence-electron chi connectivity index (χ0n) is 23.1. The van der Waals surface area contributed by atoms with E-state index in [0.717, 1.165) is 51.4 Å². The summed E-state index contributed by atoms with van der Waals surface area (Å²) >= 11 is 0. The monoisotopic (exact) mass is 511 g/mol. The van der Waals surface area contributed by atoms with Crippen molar-refractivity contribution in [1.29, 1.82) is 0 Å². The van der Waals surface area contributed by atoms with Crippen LogP contribution in [-0.4, -0.2) is 61.0 Å². The minimum Gasteiger partial charge on any atom is -0.469 e. The Kier molecular flexibility index (Phi) is 12.7. The van der Waals surface area contributed by atoms with E-state index in [1.807, 2.05) is 20.8 Å². The van der Waals surface area contributed by atoms with Crippen molar-refractivity contribution in [2.45, 2.75) is 122 Å². The molecule has 2 rings (SSSR count). The van der Waals surface area contributed by atoms with Gasteiger partial charge in [0.15, 0.2) is 5.79 Å². The minimum absolute atomic E-state index is 0.0101. The van der Waals surface area contributed by atoms with Crippen molar-refractivity contribution in [3.8, 4) is 0 Å². The molecule has 1 aliphatic heterocycles. The number of aliphatic hydroxyl groups excluding tert-OH is 1. The Morgan fingerprint density at radius 2 is 1.81 bits per heavy atom. The third-order valence-corrected chi connectivity index (χ3v) is 7.15. The highest BCUT2D eigenvalue weighted by molar-refractivity contribution is 5.69. The van der Waals surface area contributed by atoms with Crippen LogP contribution in [0.5, 0.6) is 0 Å². The van der Waals surface area contributed by atoms with Gasteiger partial charge >= 0.3 is 12.1 Å². The molecule has 0 aromatic carbocycles. The number of allylic oxidation sites excluding steroid dienone is 2. The summed E-state index contributed by atoms with van der Waals surface area (Å²) < 4.78 is 22.4. The van der Waals surface area contributed by atoms with Gasteiger partial charge in [0.05, 0.1) is 26.4 Å². The fraction of sp³-hybridized carbons (Fsp3) is 0.857. The number of hydrogen-bond acceptors (Lipinski definition) is 7. The molecule has 0 unspecified atom stereocenters. The first-order valence-electron chi connectivity index (χ1n) is 13.8. The van der Waals surface area contributed by atoms with Crippen molar-refractivity contribution in [2.75, 3.05) is 20.3 Å². The number of nitrogens with one attached hydrogen (secondary N) is 1. The zero-order chi connectivity index (χ0) is 26.6. The average molecular weight is 512 g/mol. The molecule has 1 amide bonds. The lowest BCUT2D eigenvalue weighted by Crippen LogP contribution is -2.42. The van der Waals surface area contributed by atoms with E-state index in [2.05, 4.69) is 29.1 Å². The van der Waals surface area contributed by atoms with Crippen LogP contribution in [0.2, 0.25) is 0 Å². The predicted octanol–water partition coefficient (Wildman–Crippen LogP) is 5.27. The Hall–Kier alpha value is -1.64. The number of alkyl carbamates (subject to hydrolysis) is 1. The first kappa shape index (κ1) is 30.6. The molecule has 2 aliphatic rings. The standard InChI is InChI=1S/C28H49NO7/c1-6-7-12-16-28(34-18-19-35-28)17-15-21-22(13-10-8-9-11-14-25(31)33-5)24(30)20-23(21)29-26(32)36-27(2,3)4/h8,10,21-24,30H,6-7,9,11-20H2,1-5H3,(H,29,32)/b10-8-/t21-,22-,23-,24+/m1/s1. The molecule has 2 N–H and O–H groups in total. The number of carbonyl (C=O) groups excluding carboxylic acids is 2. The van der Waals surface area contributed by atoms with Crippen LogP contribution < -0.4 is 5.32 Å². The molecule has 0 bridgehead atoms. The molecule has 36 heavy (non-hydrogen) atoms. The molecule has 1 saturated heterocycles. The van der Waals surface area contributed by atoms with Crippen LogP contribution >= 0.6 is 0 Å². The molecule has 0 spiro atoms. The maximum atomic E-state index is 12.6. The van der Waals surface area contributed by atoms with E-state index >= 15 is 0 Å². The SMILES string of the molecule is CCCCCC1(CC[C@@H]2[C@@H](C/C=C\CCCC(=O)OC)[C@@H](O)C[C@H]2NC(=O)OC(C)(C)C)OCCO1. The van der Waals surface area contributed by atoms with Crippen molar-refractivity contribution in [3.63, 3.8) is 0 Å². The molecule has 1 saturated carbocycles. The molecule has 2 fully saturated rings. The van der Waals surface area contributed by atoms with E-state index in [9.17, 15) is 14.7 Å². The van der Waals surface area contributed by atoms with E-state index in [1.165, 1.54) is 7.11 Å². The molecule has 208 valence electrons. The highest BCUT2D eigenvalue weighted by Crippen LogP contribution is 2.41. The van der Waals surface area contributed by atoms with Crippen LogP contribution in [0.15, 0.2) is 12.2 Å². The zero-order valence-corrected chi connectivity index (χ0v) is 23.1. The third kappa shape index (κ3) is 10.4. The highest BCUT2D eigenvalue weighted by Gasteiger charge is 2.45. The lowest BCUT2D eigenvalue weighted by atomic mass is 9.84. The number of unbranched alkanes of at least 4 members (excludes halogenated alkanes) is 3. The number of rotatable bonds is 14. The first-order valence-corrected chi connectivity index (χ1v) is 13.8. The van der Waals surface area contributed by atoms with Crippen molar-refractivity contribution >= 4 is 12.1 Å². The molecule has 1 aliphatic carbocycles. The van der Waals surface area contributed by atoms with E-state index in [1.54, 1.807) is 0 Å². The second-order valence-corrected chi connectivity index (χ2v) is 11.2. The van der Waals surface area contributed by atoms with Crippen molar-refractivity contribution < 1.29 is 33.6 Å². The van der Waals surface area contributed by atoms with Gasteiger partial charge in [-0.3, -0.25) is 4.79 Å². The average Bonchev–Trinajstić information content (AvgIpc) is 3.38. The summed E-state index contributed by atoms with van der Waals surface area (Å²) in [5.41, 5.74) is -0.585. The van der Waals surface area contributed by atoms with Gasteiger partial charge < -0.3 is 29.4 Å². The third-order valence-electron chi connectivity index (χ3n) is 7.15. The van der Waals surface area contributed by atoms with E-state index in [4.69, 9.17) is 14.2 Å². The molecule has 1 heterocycles. The second-order valence-electron chi connectivity index (χ2n) is 11.2. The molecular weight excluding hydrogens is 462 g/mol. The van der Waals surface area contributed by atoms with Gasteiger partial charge in [0.25, 0.3) is 0 Å². The molecule has 8 heteroatoms. The van der Waals surface area contributed by atoms with Gasteiger partial charge in [-0.25, -0.2) is 4.79 Å². The summed E-state index contributed by atoms with van der Waals surface area (Å²) in [6.45, 7) is 8.93. The summed E-state index contributed by atoms with van der Waals surface area (Å²) in [4.78, 5) is 23.9. The van der Waals surface area contributed by atoms with Crippen LogP contribution in [0.4, 0.5) is 4.79 Å². The molecule has 4 atom stereocenters. The van der Waals surface area contributed by atoms with Crippen molar-refractivity contribution in [1.82, 2.24) is 5.32 Å². The van der Waals surface area contributed by atoms with Crippen LogP contribution in [0.1, 0.15) is 98.3 Å². The quantitative estimate of drug-likeness (QED) is 0.186. The summed E-state index contributed by atoms with van der Waals surface area (Å²) in [6, 6.07) is -0.179. The first-order chi connectivity index (χ1) is 17.1. The largest absolute Gasteiger partial charge is 0.469 e. The number of amides is 1. The van der Waals surface area contributed by atoms with Crippen LogP contribution in [0.25, 0.3) is 0 Å². The lowest BCUT2D eigenvalue weighted by Gasteiger charge is -2.32. The number of carbonyl (C=O) groups is 2. The van der Waals surface area contributed by atoms with E-state index in [0.29, 0.717) is 32.5 Å². The summed E-state index contributed by atoms with van der Waals surface area (Å²) in [5.74, 6) is -0.679. The number of methoxy groups -OCH3 is 1. The van der Waals surface area contributed by atoms with Crippen molar-refractivity contribution in [3.05, 3.63) is 12.2 Å². The van der Waals surface area contributed by atoms with Gasteiger partial charge in [-0.1, -0.05) is 31.9 Å². The number of esters is 1. The smallest absolute Gasteiger partial charge is 0.407 e. The van der Waals surface area contributed by atoms with Gasteiger partial charge in [0.1, 0.15) is 5.60 Å². The normalized spacial score (nSPS) is 25.8. The fourth-order valence-corrected chi connectivity index (χ4v) is 5.34. The topological polar surface area (TPSA) is 103 Å². The number of hydrogen-bond donors (Lipinski definition) is 2. The van der Waals surface area contributed by atoms with Crippen molar-refractivity contribution in [2.24, 2.45) is 11.8 Å². The molecule has 0 aromatic rings. The molecular formula is C28H49NO7. The Morgan fingerprint density at radius 3 is 2.44 bits per heavy atom. The van der Waals surface area contributed by atoms with Crippen LogP contribution in [0.3, 0.4) is 0 Å². The van der Waals surface area contributed by atoms with Crippen LogP contribution in [-0.2, 0) is 23.7 Å². The summed E-state index contributed by atoms with van der Waals surface area (Å²) in [5, 5.41) is 14.0. The predicted molar refractivity (Wildman–Crippen MR) is 138 cm³/mol. The van der Waals surface area contributed by atoms with E-state index < -0.39 is 23.6 Å². The van der Waals surface area contributed by atoms with Gasteiger partial charge in [-0.15, -0.1) is 0 Å². The van der Waals surface area contributed by atoms with Gasteiger partial charge in [0, 0.05) is 25.3 Å². The Balaban J connectivity index is 2.04.